The van der Waals surface area contributed by atoms with Crippen LogP contribution in [0.15, 0.2) is 27.4 Å². The number of thioether (sulfide) groups is 1. The van der Waals surface area contributed by atoms with Crippen molar-refractivity contribution < 1.29 is 14.3 Å². The van der Waals surface area contributed by atoms with Gasteiger partial charge in [-0.2, -0.15) is 0 Å². The Morgan fingerprint density at radius 3 is 2.68 bits per heavy atom. The van der Waals surface area contributed by atoms with Gasteiger partial charge in [0.2, 0.25) is 5.43 Å². The number of hydrogen-bond donors (Lipinski definition) is 1. The first-order valence-electron chi connectivity index (χ1n) is 7.89. The molecule has 0 atom stereocenters. The number of carboxylic acids is 1. The van der Waals surface area contributed by atoms with E-state index in [4.69, 9.17) is 0 Å². The van der Waals surface area contributed by atoms with Crippen molar-refractivity contribution in [2.75, 3.05) is 38.1 Å². The lowest BCUT2D eigenvalue weighted by molar-refractivity contribution is 0.0695. The van der Waals surface area contributed by atoms with Gasteiger partial charge in [0.05, 0.1) is 21.5 Å². The van der Waals surface area contributed by atoms with Crippen LogP contribution in [0.25, 0.3) is 17.1 Å². The SMILES string of the molecule is CN1CCN(c2c(F)cc3c(=O)c(C(=O)O)cn4c3c2SC=C4)CC1. The number of hydrogen-bond acceptors (Lipinski definition) is 5. The highest BCUT2D eigenvalue weighted by Gasteiger charge is 2.27. The van der Waals surface area contributed by atoms with Gasteiger partial charge < -0.3 is 19.5 Å². The molecule has 1 saturated heterocycles. The zero-order valence-electron chi connectivity index (χ0n) is 13.5. The van der Waals surface area contributed by atoms with Gasteiger partial charge in [-0.15, -0.1) is 0 Å². The predicted molar refractivity (Wildman–Crippen MR) is 96.0 cm³/mol. The molecule has 1 aromatic carbocycles. The van der Waals surface area contributed by atoms with E-state index >= 15 is 0 Å². The molecule has 0 unspecified atom stereocenters. The first-order chi connectivity index (χ1) is 12.0. The molecule has 0 aliphatic carbocycles. The monoisotopic (exact) mass is 361 g/mol. The van der Waals surface area contributed by atoms with Crippen LogP contribution >= 0.6 is 11.8 Å². The van der Waals surface area contributed by atoms with E-state index in [1.165, 1.54) is 24.0 Å². The van der Waals surface area contributed by atoms with Crippen molar-refractivity contribution in [2.24, 2.45) is 0 Å². The molecule has 4 rings (SSSR count). The number of benzene rings is 1. The Balaban J connectivity index is 1.99. The maximum Gasteiger partial charge on any atom is 0.341 e. The Morgan fingerprint density at radius 1 is 1.28 bits per heavy atom. The molecule has 1 aromatic heterocycles. The Morgan fingerprint density at radius 2 is 2.00 bits per heavy atom. The molecule has 6 nitrogen and oxygen atoms in total. The van der Waals surface area contributed by atoms with Crippen LogP contribution < -0.4 is 10.3 Å². The van der Waals surface area contributed by atoms with Crippen LogP contribution in [0.5, 0.6) is 0 Å². The predicted octanol–water partition coefficient (Wildman–Crippen LogP) is 2.12. The number of anilines is 1. The molecule has 8 heteroatoms. The Kier molecular flexibility index (Phi) is 3.81. The lowest BCUT2D eigenvalue weighted by atomic mass is 10.1. The van der Waals surface area contributed by atoms with Gasteiger partial charge >= 0.3 is 5.97 Å². The number of nitrogens with zero attached hydrogens (tertiary/aromatic N) is 3. The smallest absolute Gasteiger partial charge is 0.341 e. The van der Waals surface area contributed by atoms with Gasteiger partial charge in [-0.1, -0.05) is 11.8 Å². The van der Waals surface area contributed by atoms with Gasteiger partial charge in [0.25, 0.3) is 0 Å². The van der Waals surface area contributed by atoms with Crippen molar-refractivity contribution in [3.05, 3.63) is 39.3 Å². The number of aromatic nitrogens is 1. The molecule has 1 fully saturated rings. The third-order valence-corrected chi connectivity index (χ3v) is 5.54. The van der Waals surface area contributed by atoms with E-state index in [9.17, 15) is 19.1 Å². The fourth-order valence-electron chi connectivity index (χ4n) is 3.31. The van der Waals surface area contributed by atoms with Crippen LogP contribution in [-0.2, 0) is 0 Å². The second-order valence-corrected chi connectivity index (χ2v) is 7.13. The van der Waals surface area contributed by atoms with Crippen LogP contribution in [0.1, 0.15) is 10.4 Å². The number of rotatable bonds is 2. The number of carbonyl (C=O) groups is 1. The number of pyridine rings is 1. The van der Waals surface area contributed by atoms with E-state index in [0.29, 0.717) is 29.2 Å². The molecule has 25 heavy (non-hydrogen) atoms. The molecular weight excluding hydrogens is 345 g/mol. The summed E-state index contributed by atoms with van der Waals surface area (Å²) in [7, 11) is 2.03. The standard InChI is InChI=1S/C17H16FN3O3S/c1-19-2-4-20(5-3-19)14-12(18)8-10-13-16(14)25-7-6-21(13)9-11(15(10)22)17(23)24/h6-9H,2-5H2,1H3,(H,23,24). The molecule has 2 aliphatic heterocycles. The lowest BCUT2D eigenvalue weighted by Crippen LogP contribution is -2.45. The minimum absolute atomic E-state index is 0.0992. The summed E-state index contributed by atoms with van der Waals surface area (Å²) < 4.78 is 16.5. The Labute approximate surface area is 147 Å². The topological polar surface area (TPSA) is 65.8 Å². The molecule has 0 saturated carbocycles. The molecule has 130 valence electrons. The Bertz CT molecular complexity index is 977. The van der Waals surface area contributed by atoms with Crippen LogP contribution in [-0.4, -0.2) is 53.8 Å². The third kappa shape index (κ3) is 2.52. The van der Waals surface area contributed by atoms with Gasteiger partial charge in [-0.25, -0.2) is 9.18 Å². The summed E-state index contributed by atoms with van der Waals surface area (Å²) in [6.07, 6.45) is 3.00. The van der Waals surface area contributed by atoms with Crippen molar-refractivity contribution in [1.29, 1.82) is 0 Å². The third-order valence-electron chi connectivity index (χ3n) is 4.66. The quantitative estimate of drug-likeness (QED) is 0.884. The number of carboxylic acid groups (broad SMARTS) is 1. The zero-order chi connectivity index (χ0) is 17.7. The molecule has 0 amide bonds. The number of likely N-dealkylation sites (N-methyl/N-ethyl adjacent to an activating group) is 1. The fourth-order valence-corrected chi connectivity index (χ4v) is 4.31. The van der Waals surface area contributed by atoms with Gasteiger partial charge in [0, 0.05) is 38.6 Å². The summed E-state index contributed by atoms with van der Waals surface area (Å²) in [6, 6.07) is 1.18. The highest BCUT2D eigenvalue weighted by molar-refractivity contribution is 8.02. The van der Waals surface area contributed by atoms with Crippen LogP contribution in [0.4, 0.5) is 10.1 Å². The average Bonchev–Trinajstić information content (AvgIpc) is 2.58. The summed E-state index contributed by atoms with van der Waals surface area (Å²) in [4.78, 5) is 28.6. The zero-order valence-corrected chi connectivity index (χ0v) is 14.3. The maximum atomic E-state index is 14.9. The van der Waals surface area contributed by atoms with Gasteiger partial charge in [0.1, 0.15) is 11.4 Å². The van der Waals surface area contributed by atoms with E-state index in [-0.39, 0.29) is 10.9 Å². The number of halogens is 1. The van der Waals surface area contributed by atoms with Crippen molar-refractivity contribution in [3.8, 4) is 0 Å². The molecular formula is C17H16FN3O3S. The molecule has 3 heterocycles. The summed E-state index contributed by atoms with van der Waals surface area (Å²) in [5, 5.41) is 11.1. The van der Waals surface area contributed by atoms with Gasteiger partial charge in [-0.3, -0.25) is 4.79 Å². The Hall–Kier alpha value is -2.32. The van der Waals surface area contributed by atoms with Crippen molar-refractivity contribution in [3.63, 3.8) is 0 Å². The molecule has 1 N–H and O–H groups in total. The molecule has 2 aromatic rings. The maximum absolute atomic E-state index is 14.9. The molecule has 0 radical (unpaired) electrons. The van der Waals surface area contributed by atoms with Crippen LogP contribution in [0.3, 0.4) is 0 Å². The van der Waals surface area contributed by atoms with Crippen molar-refractivity contribution in [2.45, 2.75) is 4.90 Å². The number of aromatic carboxylic acids is 1. The lowest BCUT2D eigenvalue weighted by Gasteiger charge is -2.35. The first kappa shape index (κ1) is 16.2. The summed E-state index contributed by atoms with van der Waals surface area (Å²) in [5.74, 6) is -1.80. The second-order valence-electron chi connectivity index (χ2n) is 6.21. The highest BCUT2D eigenvalue weighted by Crippen LogP contribution is 2.41. The van der Waals surface area contributed by atoms with Gasteiger partial charge in [-0.05, 0) is 18.5 Å². The van der Waals surface area contributed by atoms with Crippen LogP contribution in [0.2, 0.25) is 0 Å². The van der Waals surface area contributed by atoms with Crippen LogP contribution in [0, 0.1) is 5.82 Å². The van der Waals surface area contributed by atoms with Crippen molar-refractivity contribution in [1.82, 2.24) is 9.47 Å². The van der Waals surface area contributed by atoms with E-state index in [1.807, 2.05) is 11.9 Å². The largest absolute Gasteiger partial charge is 0.477 e. The minimum atomic E-state index is -1.31. The second kappa shape index (κ2) is 5.89. The first-order valence-corrected chi connectivity index (χ1v) is 8.77. The summed E-state index contributed by atoms with van der Waals surface area (Å²) in [5.41, 5.74) is 0.0467. The highest BCUT2D eigenvalue weighted by atomic mass is 32.2. The summed E-state index contributed by atoms with van der Waals surface area (Å²) in [6.45, 7) is 3.08. The molecule has 0 bridgehead atoms. The molecule has 0 spiro atoms. The van der Waals surface area contributed by atoms with E-state index < -0.39 is 17.2 Å². The average molecular weight is 361 g/mol. The normalized spacial score (nSPS) is 17.3. The fraction of sp³-hybridized carbons (Fsp3) is 0.294. The minimum Gasteiger partial charge on any atom is -0.477 e. The molecule has 2 aliphatic rings. The number of piperazine rings is 1. The van der Waals surface area contributed by atoms with Gasteiger partial charge in [0.15, 0.2) is 0 Å². The van der Waals surface area contributed by atoms with E-state index in [0.717, 1.165) is 13.1 Å². The van der Waals surface area contributed by atoms with E-state index in [1.54, 1.807) is 16.2 Å². The van der Waals surface area contributed by atoms with E-state index in [2.05, 4.69) is 4.90 Å². The summed E-state index contributed by atoms with van der Waals surface area (Å²) >= 11 is 1.36. The van der Waals surface area contributed by atoms with Crippen molar-refractivity contribution >= 4 is 40.5 Å².